The van der Waals surface area contributed by atoms with E-state index in [2.05, 4.69) is 27.6 Å². The quantitative estimate of drug-likeness (QED) is 0.521. The zero-order valence-corrected chi connectivity index (χ0v) is 10.1. The van der Waals surface area contributed by atoms with Gasteiger partial charge in [-0.15, -0.1) is 0 Å². The first-order chi connectivity index (χ1) is 8.31. The Morgan fingerprint density at radius 1 is 1.47 bits per heavy atom. The number of rotatable bonds is 5. The van der Waals surface area contributed by atoms with Crippen LogP contribution in [0.3, 0.4) is 0 Å². The number of nitrogens with one attached hydrogen (secondary N) is 2. The summed E-state index contributed by atoms with van der Waals surface area (Å²) in [5.41, 5.74) is 2.57. The molecule has 1 aliphatic rings. The molecular formula is C11H19N5O. The van der Waals surface area contributed by atoms with Crippen LogP contribution in [-0.4, -0.2) is 29.2 Å². The molecule has 2 rings (SSSR count). The number of nitrogens with two attached hydrogens (primary N) is 1. The fourth-order valence-electron chi connectivity index (χ4n) is 1.84. The van der Waals surface area contributed by atoms with Gasteiger partial charge in [0.05, 0.1) is 12.6 Å². The summed E-state index contributed by atoms with van der Waals surface area (Å²) in [6, 6.07) is 2.15. The average molecular weight is 237 g/mol. The highest BCUT2D eigenvalue weighted by Crippen LogP contribution is 2.15. The Hall–Kier alpha value is -1.40. The molecule has 1 aromatic heterocycles. The molecule has 0 aromatic carbocycles. The lowest BCUT2D eigenvalue weighted by Crippen LogP contribution is -2.21. The van der Waals surface area contributed by atoms with E-state index in [4.69, 9.17) is 10.6 Å². The summed E-state index contributed by atoms with van der Waals surface area (Å²) in [6.45, 7) is 3.65. The minimum Gasteiger partial charge on any atom is -0.379 e. The minimum absolute atomic E-state index is 0.338. The smallest absolute Gasteiger partial charge is 0.145 e. The maximum atomic E-state index is 5.40. The summed E-state index contributed by atoms with van der Waals surface area (Å²) in [7, 11) is 0. The monoisotopic (exact) mass is 237 g/mol. The van der Waals surface area contributed by atoms with E-state index in [9.17, 15) is 0 Å². The first-order valence-corrected chi connectivity index (χ1v) is 6.00. The summed E-state index contributed by atoms with van der Waals surface area (Å²) in [5, 5.41) is 3.34. The Kier molecular flexibility index (Phi) is 4.11. The van der Waals surface area contributed by atoms with Gasteiger partial charge in [0.25, 0.3) is 0 Å². The van der Waals surface area contributed by atoms with Gasteiger partial charge in [-0.05, 0) is 12.8 Å². The molecule has 1 saturated heterocycles. The van der Waals surface area contributed by atoms with Crippen LogP contribution in [0.25, 0.3) is 0 Å². The molecule has 1 unspecified atom stereocenters. The van der Waals surface area contributed by atoms with Gasteiger partial charge >= 0.3 is 0 Å². The van der Waals surface area contributed by atoms with Gasteiger partial charge in [-0.1, -0.05) is 6.92 Å². The highest BCUT2D eigenvalue weighted by atomic mass is 16.5. The maximum Gasteiger partial charge on any atom is 0.145 e. The van der Waals surface area contributed by atoms with E-state index in [1.165, 1.54) is 0 Å². The van der Waals surface area contributed by atoms with Crippen LogP contribution in [0.15, 0.2) is 6.07 Å². The van der Waals surface area contributed by atoms with Crippen molar-refractivity contribution in [1.82, 2.24) is 9.97 Å². The summed E-state index contributed by atoms with van der Waals surface area (Å²) >= 11 is 0. The predicted molar refractivity (Wildman–Crippen MR) is 66.7 cm³/mol. The summed E-state index contributed by atoms with van der Waals surface area (Å²) < 4.78 is 5.32. The lowest BCUT2D eigenvalue weighted by atomic mass is 10.2. The summed E-state index contributed by atoms with van der Waals surface area (Å²) in [5.74, 6) is 7.66. The van der Waals surface area contributed by atoms with Gasteiger partial charge in [0.2, 0.25) is 0 Å². The third kappa shape index (κ3) is 3.28. The van der Waals surface area contributed by atoms with Crippen LogP contribution in [-0.2, 0) is 11.2 Å². The first kappa shape index (κ1) is 12.1. The Balaban J connectivity index is 2.10. The Labute approximate surface area is 101 Å². The van der Waals surface area contributed by atoms with Gasteiger partial charge in [-0.3, -0.25) is 0 Å². The molecule has 94 valence electrons. The molecule has 0 aliphatic carbocycles. The lowest BCUT2D eigenvalue weighted by Gasteiger charge is -2.13. The molecule has 6 nitrogen and oxygen atoms in total. The Morgan fingerprint density at radius 2 is 2.29 bits per heavy atom. The predicted octanol–water partition coefficient (Wildman–Crippen LogP) is 0.915. The van der Waals surface area contributed by atoms with Crippen LogP contribution in [0, 0.1) is 0 Å². The molecule has 1 atom stereocenters. The zero-order valence-electron chi connectivity index (χ0n) is 10.1. The van der Waals surface area contributed by atoms with Gasteiger partial charge in [-0.2, -0.15) is 0 Å². The highest BCUT2D eigenvalue weighted by Gasteiger charge is 2.16. The molecule has 1 fully saturated rings. The number of nitrogen functional groups attached to an aromatic ring is 1. The van der Waals surface area contributed by atoms with Crippen LogP contribution in [0.1, 0.15) is 25.6 Å². The SMILES string of the molecule is CCCc1nc(NN)cc(NC2CCOC2)n1. The average Bonchev–Trinajstić information content (AvgIpc) is 2.82. The molecule has 6 heteroatoms. The van der Waals surface area contributed by atoms with Crippen molar-refractivity contribution in [2.45, 2.75) is 32.2 Å². The Bertz CT molecular complexity index is 365. The minimum atomic E-state index is 0.338. The van der Waals surface area contributed by atoms with Crippen molar-refractivity contribution in [3.63, 3.8) is 0 Å². The van der Waals surface area contributed by atoms with Crippen molar-refractivity contribution in [3.05, 3.63) is 11.9 Å². The second kappa shape index (κ2) is 5.79. The topological polar surface area (TPSA) is 85.1 Å². The van der Waals surface area contributed by atoms with E-state index in [0.717, 1.165) is 44.1 Å². The number of hydrogen-bond donors (Lipinski definition) is 3. The fraction of sp³-hybridized carbons (Fsp3) is 0.636. The zero-order chi connectivity index (χ0) is 12.1. The van der Waals surface area contributed by atoms with Gasteiger partial charge in [0.15, 0.2) is 0 Å². The molecule has 17 heavy (non-hydrogen) atoms. The van der Waals surface area contributed by atoms with Crippen molar-refractivity contribution in [1.29, 1.82) is 0 Å². The standard InChI is InChI=1S/C11H19N5O/c1-2-3-9-14-10(6-11(15-9)16-12)13-8-4-5-17-7-8/h6,8H,2-5,7,12H2,1H3,(H2,13,14,15,16). The second-order valence-corrected chi connectivity index (χ2v) is 4.15. The molecule has 0 bridgehead atoms. The molecule has 4 N–H and O–H groups in total. The number of hydrazine groups is 1. The van der Waals surface area contributed by atoms with Crippen molar-refractivity contribution >= 4 is 11.6 Å². The third-order valence-electron chi connectivity index (χ3n) is 2.68. The van der Waals surface area contributed by atoms with Gasteiger partial charge in [0.1, 0.15) is 17.5 Å². The van der Waals surface area contributed by atoms with Gasteiger partial charge in [-0.25, -0.2) is 15.8 Å². The molecule has 0 spiro atoms. The molecule has 1 aliphatic heterocycles. The van der Waals surface area contributed by atoms with Crippen molar-refractivity contribution in [3.8, 4) is 0 Å². The molecule has 2 heterocycles. The van der Waals surface area contributed by atoms with E-state index in [1.54, 1.807) is 0 Å². The van der Waals surface area contributed by atoms with Crippen LogP contribution >= 0.6 is 0 Å². The van der Waals surface area contributed by atoms with E-state index < -0.39 is 0 Å². The molecule has 1 aromatic rings. The number of anilines is 2. The largest absolute Gasteiger partial charge is 0.379 e. The van der Waals surface area contributed by atoms with Crippen LogP contribution in [0.2, 0.25) is 0 Å². The van der Waals surface area contributed by atoms with Crippen molar-refractivity contribution in [2.24, 2.45) is 5.84 Å². The summed E-state index contributed by atoms with van der Waals surface area (Å²) in [6.07, 6.45) is 2.88. The molecular weight excluding hydrogens is 218 g/mol. The normalized spacial score (nSPS) is 19.3. The van der Waals surface area contributed by atoms with Gasteiger partial charge in [0, 0.05) is 19.1 Å². The van der Waals surface area contributed by atoms with E-state index in [-0.39, 0.29) is 0 Å². The molecule has 0 amide bonds. The fourth-order valence-corrected chi connectivity index (χ4v) is 1.84. The van der Waals surface area contributed by atoms with Crippen LogP contribution in [0.4, 0.5) is 11.6 Å². The lowest BCUT2D eigenvalue weighted by molar-refractivity contribution is 0.195. The first-order valence-electron chi connectivity index (χ1n) is 6.00. The maximum absolute atomic E-state index is 5.40. The van der Waals surface area contributed by atoms with Crippen molar-refractivity contribution < 1.29 is 4.74 Å². The summed E-state index contributed by atoms with van der Waals surface area (Å²) in [4.78, 5) is 8.76. The number of aryl methyl sites for hydroxylation is 1. The number of aromatic nitrogens is 2. The molecule has 0 saturated carbocycles. The van der Waals surface area contributed by atoms with Crippen molar-refractivity contribution in [2.75, 3.05) is 24.0 Å². The van der Waals surface area contributed by atoms with Crippen LogP contribution < -0.4 is 16.6 Å². The Morgan fingerprint density at radius 3 is 2.94 bits per heavy atom. The van der Waals surface area contributed by atoms with E-state index in [1.807, 2.05) is 6.07 Å². The third-order valence-corrected chi connectivity index (χ3v) is 2.68. The number of hydrogen-bond acceptors (Lipinski definition) is 6. The van der Waals surface area contributed by atoms with Crippen LogP contribution in [0.5, 0.6) is 0 Å². The molecule has 0 radical (unpaired) electrons. The van der Waals surface area contributed by atoms with E-state index >= 15 is 0 Å². The number of nitrogens with zero attached hydrogens (tertiary/aromatic N) is 2. The van der Waals surface area contributed by atoms with E-state index in [0.29, 0.717) is 11.9 Å². The number of ether oxygens (including phenoxy) is 1. The van der Waals surface area contributed by atoms with Gasteiger partial charge < -0.3 is 15.5 Å². The highest BCUT2D eigenvalue weighted by molar-refractivity contribution is 5.47. The second-order valence-electron chi connectivity index (χ2n) is 4.15.